The van der Waals surface area contributed by atoms with Crippen LogP contribution in [0.15, 0.2) is 30.3 Å². The van der Waals surface area contributed by atoms with Gasteiger partial charge < -0.3 is 10.1 Å². The highest BCUT2D eigenvalue weighted by Gasteiger charge is 2.33. The highest BCUT2D eigenvalue weighted by atomic mass is 16.5. The minimum atomic E-state index is -0.523. The Kier molecular flexibility index (Phi) is 5.16. The van der Waals surface area contributed by atoms with E-state index in [0.717, 1.165) is 19.3 Å². The summed E-state index contributed by atoms with van der Waals surface area (Å²) in [4.78, 5) is 23.7. The van der Waals surface area contributed by atoms with Gasteiger partial charge in [-0.1, -0.05) is 30.3 Å². The summed E-state index contributed by atoms with van der Waals surface area (Å²) >= 11 is 0. The molecule has 20 heavy (non-hydrogen) atoms. The SMILES string of the molecule is CCOC(=O)[C@H]1NC(=O)CCC[C@@H]1Cc1ccccc1. The number of ether oxygens (including phenoxy) is 1. The quantitative estimate of drug-likeness (QED) is 0.856. The molecule has 1 aliphatic rings. The first-order valence-electron chi connectivity index (χ1n) is 7.20. The van der Waals surface area contributed by atoms with Crippen molar-refractivity contribution >= 4 is 11.9 Å². The second-order valence-corrected chi connectivity index (χ2v) is 5.14. The summed E-state index contributed by atoms with van der Waals surface area (Å²) in [5.74, 6) is -0.273. The lowest BCUT2D eigenvalue weighted by Gasteiger charge is -2.24. The van der Waals surface area contributed by atoms with Gasteiger partial charge in [0.05, 0.1) is 6.61 Å². The monoisotopic (exact) mass is 275 g/mol. The zero-order valence-electron chi connectivity index (χ0n) is 11.8. The van der Waals surface area contributed by atoms with Crippen molar-refractivity contribution in [2.24, 2.45) is 5.92 Å². The highest BCUT2D eigenvalue weighted by molar-refractivity contribution is 5.85. The molecule has 1 saturated heterocycles. The van der Waals surface area contributed by atoms with Crippen LogP contribution in [0.3, 0.4) is 0 Å². The normalized spacial score (nSPS) is 22.8. The number of esters is 1. The zero-order valence-corrected chi connectivity index (χ0v) is 11.8. The van der Waals surface area contributed by atoms with E-state index in [1.165, 1.54) is 5.56 Å². The van der Waals surface area contributed by atoms with Gasteiger partial charge in [-0.05, 0) is 37.7 Å². The Bertz CT molecular complexity index is 458. The van der Waals surface area contributed by atoms with E-state index in [1.807, 2.05) is 18.2 Å². The predicted octanol–water partition coefficient (Wildman–Crippen LogP) is 2.08. The van der Waals surface area contributed by atoms with Crippen molar-refractivity contribution in [1.29, 1.82) is 0 Å². The first-order valence-corrected chi connectivity index (χ1v) is 7.20. The lowest BCUT2D eigenvalue weighted by Crippen LogP contribution is -2.45. The highest BCUT2D eigenvalue weighted by Crippen LogP contribution is 2.23. The maximum Gasteiger partial charge on any atom is 0.328 e. The third kappa shape index (κ3) is 3.83. The largest absolute Gasteiger partial charge is 0.464 e. The van der Waals surface area contributed by atoms with Gasteiger partial charge in [0, 0.05) is 6.42 Å². The average Bonchev–Trinajstić information content (AvgIpc) is 2.62. The first kappa shape index (κ1) is 14.6. The number of hydrogen-bond acceptors (Lipinski definition) is 3. The molecular weight excluding hydrogens is 254 g/mol. The van der Waals surface area contributed by atoms with Crippen LogP contribution in [-0.2, 0) is 20.7 Å². The molecule has 1 aliphatic heterocycles. The topological polar surface area (TPSA) is 55.4 Å². The van der Waals surface area contributed by atoms with Crippen molar-refractivity contribution < 1.29 is 14.3 Å². The van der Waals surface area contributed by atoms with E-state index in [0.29, 0.717) is 13.0 Å². The Morgan fingerprint density at radius 3 is 2.80 bits per heavy atom. The molecule has 0 unspecified atom stereocenters. The number of carbonyl (C=O) groups is 2. The molecule has 4 nitrogen and oxygen atoms in total. The molecule has 0 bridgehead atoms. The van der Waals surface area contributed by atoms with E-state index >= 15 is 0 Å². The molecule has 0 radical (unpaired) electrons. The molecule has 2 atom stereocenters. The van der Waals surface area contributed by atoms with Gasteiger partial charge >= 0.3 is 5.97 Å². The molecule has 4 heteroatoms. The van der Waals surface area contributed by atoms with Crippen molar-refractivity contribution in [3.05, 3.63) is 35.9 Å². The smallest absolute Gasteiger partial charge is 0.328 e. The number of carbonyl (C=O) groups excluding carboxylic acids is 2. The van der Waals surface area contributed by atoms with E-state index in [1.54, 1.807) is 6.92 Å². The van der Waals surface area contributed by atoms with Crippen LogP contribution in [0.2, 0.25) is 0 Å². The fourth-order valence-electron chi connectivity index (χ4n) is 2.68. The summed E-state index contributed by atoms with van der Waals surface area (Å²) in [6, 6.07) is 9.53. The van der Waals surface area contributed by atoms with Crippen molar-refractivity contribution in [2.75, 3.05) is 6.61 Å². The third-order valence-corrected chi connectivity index (χ3v) is 3.65. The second-order valence-electron chi connectivity index (χ2n) is 5.14. The summed E-state index contributed by atoms with van der Waals surface area (Å²) in [6.07, 6.45) is 2.95. The number of benzene rings is 1. The van der Waals surface area contributed by atoms with Crippen LogP contribution in [0.1, 0.15) is 31.7 Å². The van der Waals surface area contributed by atoms with E-state index in [4.69, 9.17) is 4.74 Å². The zero-order chi connectivity index (χ0) is 14.4. The van der Waals surface area contributed by atoms with Gasteiger partial charge in [0.15, 0.2) is 0 Å². The maximum atomic E-state index is 12.1. The number of amides is 1. The third-order valence-electron chi connectivity index (χ3n) is 3.65. The number of hydrogen-bond donors (Lipinski definition) is 1. The van der Waals surface area contributed by atoms with Crippen molar-refractivity contribution in [3.8, 4) is 0 Å². The summed E-state index contributed by atoms with van der Waals surface area (Å²) < 4.78 is 5.10. The molecular formula is C16H21NO3. The fraction of sp³-hybridized carbons (Fsp3) is 0.500. The Labute approximate surface area is 119 Å². The lowest BCUT2D eigenvalue weighted by molar-refractivity contribution is -0.148. The molecule has 0 aliphatic carbocycles. The Hall–Kier alpha value is -1.84. The van der Waals surface area contributed by atoms with Crippen LogP contribution in [0.5, 0.6) is 0 Å². The van der Waals surface area contributed by atoms with Crippen LogP contribution >= 0.6 is 0 Å². The minimum absolute atomic E-state index is 0.0568. The van der Waals surface area contributed by atoms with Gasteiger partial charge in [-0.3, -0.25) is 4.79 Å². The van der Waals surface area contributed by atoms with Crippen molar-refractivity contribution in [3.63, 3.8) is 0 Å². The van der Waals surface area contributed by atoms with Gasteiger partial charge in [0.25, 0.3) is 0 Å². The molecule has 1 amide bonds. The standard InChI is InChI=1S/C16H21NO3/c1-2-20-16(19)15-13(9-6-10-14(18)17-15)11-12-7-4-3-5-8-12/h3-5,7-8,13,15H,2,6,9-11H2,1H3,(H,17,18)/t13-,15+/m1/s1. The summed E-state index contributed by atoms with van der Waals surface area (Å²) in [6.45, 7) is 2.12. The molecule has 1 aromatic rings. The van der Waals surface area contributed by atoms with Crippen LogP contribution < -0.4 is 5.32 Å². The van der Waals surface area contributed by atoms with Gasteiger partial charge in [0.1, 0.15) is 6.04 Å². The second kappa shape index (κ2) is 7.08. The molecule has 1 heterocycles. The Balaban J connectivity index is 2.12. The summed E-state index contributed by atoms with van der Waals surface area (Å²) in [5.41, 5.74) is 1.18. The van der Waals surface area contributed by atoms with E-state index in [2.05, 4.69) is 17.4 Å². The van der Waals surface area contributed by atoms with Gasteiger partial charge in [-0.2, -0.15) is 0 Å². The van der Waals surface area contributed by atoms with Gasteiger partial charge in [-0.15, -0.1) is 0 Å². The summed E-state index contributed by atoms with van der Waals surface area (Å²) in [7, 11) is 0. The minimum Gasteiger partial charge on any atom is -0.464 e. The number of rotatable bonds is 4. The van der Waals surface area contributed by atoms with Crippen LogP contribution in [0.25, 0.3) is 0 Å². The van der Waals surface area contributed by atoms with Crippen LogP contribution in [-0.4, -0.2) is 24.5 Å². The van der Waals surface area contributed by atoms with Gasteiger partial charge in [0.2, 0.25) is 5.91 Å². The molecule has 1 N–H and O–H groups in total. The summed E-state index contributed by atoms with van der Waals surface area (Å²) in [5, 5.41) is 2.82. The van der Waals surface area contributed by atoms with Crippen molar-refractivity contribution in [1.82, 2.24) is 5.32 Å². The van der Waals surface area contributed by atoms with Crippen LogP contribution in [0.4, 0.5) is 0 Å². The molecule has 108 valence electrons. The molecule has 1 aromatic carbocycles. The lowest BCUT2D eigenvalue weighted by atomic mass is 9.89. The average molecular weight is 275 g/mol. The number of nitrogens with one attached hydrogen (secondary N) is 1. The van der Waals surface area contributed by atoms with E-state index < -0.39 is 6.04 Å². The molecule has 2 rings (SSSR count). The van der Waals surface area contributed by atoms with Crippen molar-refractivity contribution in [2.45, 2.75) is 38.6 Å². The first-order chi connectivity index (χ1) is 9.70. The predicted molar refractivity (Wildman–Crippen MR) is 76.1 cm³/mol. The molecule has 0 saturated carbocycles. The Morgan fingerprint density at radius 1 is 1.35 bits per heavy atom. The Morgan fingerprint density at radius 2 is 2.10 bits per heavy atom. The molecule has 0 spiro atoms. The van der Waals surface area contributed by atoms with Gasteiger partial charge in [-0.25, -0.2) is 4.79 Å². The van der Waals surface area contributed by atoms with E-state index in [9.17, 15) is 9.59 Å². The van der Waals surface area contributed by atoms with Crippen LogP contribution in [0, 0.1) is 5.92 Å². The maximum absolute atomic E-state index is 12.1. The molecule has 0 aromatic heterocycles. The molecule has 1 fully saturated rings. The fourth-order valence-corrected chi connectivity index (χ4v) is 2.68. The van der Waals surface area contributed by atoms with E-state index in [-0.39, 0.29) is 17.8 Å².